The van der Waals surface area contributed by atoms with Crippen LogP contribution in [0.15, 0.2) is 42.5 Å². The molecule has 2 aromatic carbocycles. The van der Waals surface area contributed by atoms with Gasteiger partial charge in [-0.2, -0.15) is 0 Å². The van der Waals surface area contributed by atoms with Gasteiger partial charge in [-0.3, -0.25) is 0 Å². The van der Waals surface area contributed by atoms with Gasteiger partial charge in [-0.05, 0) is 36.1 Å². The molecule has 120 valence electrons. The number of hydrogen-bond acceptors (Lipinski definition) is 2. The van der Waals surface area contributed by atoms with Crippen LogP contribution in [0.2, 0.25) is 0 Å². The number of rotatable bonds is 1. The van der Waals surface area contributed by atoms with Crippen LogP contribution in [-0.4, -0.2) is 30.1 Å². The number of amides is 2. The Morgan fingerprint density at radius 2 is 1.91 bits per heavy atom. The van der Waals surface area contributed by atoms with E-state index >= 15 is 0 Å². The number of benzene rings is 2. The molecule has 3 atom stereocenters. The van der Waals surface area contributed by atoms with E-state index in [1.165, 1.54) is 12.8 Å². The van der Waals surface area contributed by atoms with E-state index in [1.807, 2.05) is 35.2 Å². The summed E-state index contributed by atoms with van der Waals surface area (Å²) in [7, 11) is 0. The van der Waals surface area contributed by atoms with Crippen LogP contribution in [-0.2, 0) is 0 Å². The summed E-state index contributed by atoms with van der Waals surface area (Å²) < 4.78 is 0. The third kappa shape index (κ3) is 2.68. The van der Waals surface area contributed by atoms with Gasteiger partial charge in [-0.15, -0.1) is 0 Å². The summed E-state index contributed by atoms with van der Waals surface area (Å²) in [5.41, 5.74) is 7.13. The van der Waals surface area contributed by atoms with E-state index in [2.05, 4.69) is 17.4 Å². The zero-order valence-electron chi connectivity index (χ0n) is 13.2. The Morgan fingerprint density at radius 3 is 2.78 bits per heavy atom. The monoisotopic (exact) mass is 309 g/mol. The minimum Gasteiger partial charge on any atom is -0.327 e. The Labute approximate surface area is 136 Å². The summed E-state index contributed by atoms with van der Waals surface area (Å²) >= 11 is 0. The maximum absolute atomic E-state index is 12.7. The van der Waals surface area contributed by atoms with Crippen molar-refractivity contribution in [3.05, 3.63) is 42.5 Å². The largest absolute Gasteiger partial charge is 0.327 e. The van der Waals surface area contributed by atoms with Gasteiger partial charge in [0.25, 0.3) is 0 Å². The molecule has 3 unspecified atom stereocenters. The Morgan fingerprint density at radius 1 is 1.09 bits per heavy atom. The normalized spacial score (nSPS) is 27.0. The summed E-state index contributed by atoms with van der Waals surface area (Å²) in [5, 5.41) is 5.32. The second-order valence-electron chi connectivity index (χ2n) is 6.88. The number of nitrogens with one attached hydrogen (secondary N) is 1. The first-order valence-corrected chi connectivity index (χ1v) is 8.51. The molecule has 0 bridgehead atoms. The van der Waals surface area contributed by atoms with Crippen molar-refractivity contribution in [3.8, 4) is 0 Å². The van der Waals surface area contributed by atoms with Crippen LogP contribution in [0.5, 0.6) is 0 Å². The molecule has 2 fully saturated rings. The predicted molar refractivity (Wildman–Crippen MR) is 93.3 cm³/mol. The Balaban J connectivity index is 1.52. The van der Waals surface area contributed by atoms with Crippen LogP contribution in [0, 0.1) is 11.8 Å². The van der Waals surface area contributed by atoms with Crippen molar-refractivity contribution in [2.24, 2.45) is 17.6 Å². The van der Waals surface area contributed by atoms with Crippen LogP contribution >= 0.6 is 0 Å². The highest BCUT2D eigenvalue weighted by Gasteiger charge is 2.40. The molecular formula is C19H23N3O. The van der Waals surface area contributed by atoms with Gasteiger partial charge < -0.3 is 16.0 Å². The SMILES string of the molecule is NC1CCCC2CN(C(=O)Nc3cccc4ccccc34)CC12. The molecule has 1 saturated heterocycles. The molecular weight excluding hydrogens is 286 g/mol. The van der Waals surface area contributed by atoms with E-state index < -0.39 is 0 Å². The molecule has 2 aromatic rings. The summed E-state index contributed by atoms with van der Waals surface area (Å²) in [6, 6.07) is 14.4. The predicted octanol–water partition coefficient (Wildman–Crippen LogP) is 3.43. The first kappa shape index (κ1) is 14.5. The molecule has 0 spiro atoms. The topological polar surface area (TPSA) is 58.4 Å². The fourth-order valence-corrected chi connectivity index (χ4v) is 4.21. The van der Waals surface area contributed by atoms with Gasteiger partial charge in [-0.25, -0.2) is 4.79 Å². The number of anilines is 1. The number of nitrogens with two attached hydrogens (primary N) is 1. The molecule has 4 nitrogen and oxygen atoms in total. The highest BCUT2D eigenvalue weighted by atomic mass is 16.2. The molecule has 2 amide bonds. The van der Waals surface area contributed by atoms with Crippen molar-refractivity contribution in [2.75, 3.05) is 18.4 Å². The molecule has 1 saturated carbocycles. The van der Waals surface area contributed by atoms with Crippen LogP contribution in [0.3, 0.4) is 0 Å². The summed E-state index contributed by atoms with van der Waals surface area (Å²) in [6.45, 7) is 1.64. The highest BCUT2D eigenvalue weighted by molar-refractivity contribution is 6.01. The summed E-state index contributed by atoms with van der Waals surface area (Å²) in [5.74, 6) is 1.05. The maximum atomic E-state index is 12.7. The quantitative estimate of drug-likeness (QED) is 0.848. The minimum absolute atomic E-state index is 0.00273. The second-order valence-corrected chi connectivity index (χ2v) is 6.88. The third-order valence-electron chi connectivity index (χ3n) is 5.47. The zero-order valence-corrected chi connectivity index (χ0v) is 13.2. The Hall–Kier alpha value is -2.07. The fraction of sp³-hybridized carbons (Fsp3) is 0.421. The Kier molecular flexibility index (Phi) is 3.69. The van der Waals surface area contributed by atoms with Gasteiger partial charge in [0, 0.05) is 24.5 Å². The fourth-order valence-electron chi connectivity index (χ4n) is 4.21. The lowest BCUT2D eigenvalue weighted by atomic mass is 9.78. The van der Waals surface area contributed by atoms with E-state index in [-0.39, 0.29) is 12.1 Å². The van der Waals surface area contributed by atoms with E-state index in [0.29, 0.717) is 11.8 Å². The number of fused-ring (bicyclic) bond motifs is 2. The molecule has 23 heavy (non-hydrogen) atoms. The van der Waals surface area contributed by atoms with Crippen molar-refractivity contribution in [1.29, 1.82) is 0 Å². The second kappa shape index (κ2) is 5.85. The van der Waals surface area contributed by atoms with E-state index in [9.17, 15) is 4.79 Å². The maximum Gasteiger partial charge on any atom is 0.321 e. The van der Waals surface area contributed by atoms with Gasteiger partial charge in [-0.1, -0.05) is 42.8 Å². The molecule has 1 heterocycles. The Bertz CT molecular complexity index is 724. The smallest absolute Gasteiger partial charge is 0.321 e. The van der Waals surface area contributed by atoms with Crippen LogP contribution in [0.25, 0.3) is 10.8 Å². The summed E-state index contributed by atoms with van der Waals surface area (Å²) in [4.78, 5) is 14.6. The minimum atomic E-state index is 0.00273. The van der Waals surface area contributed by atoms with Gasteiger partial charge in [0.2, 0.25) is 0 Å². The van der Waals surface area contributed by atoms with Gasteiger partial charge in [0.05, 0.1) is 5.69 Å². The molecule has 3 N–H and O–H groups in total. The molecule has 4 rings (SSSR count). The lowest BCUT2D eigenvalue weighted by Crippen LogP contribution is -2.39. The standard InChI is InChI=1S/C19H23N3O/c20-17-9-3-7-14-11-22(12-16(14)17)19(23)21-18-10-4-6-13-5-1-2-8-15(13)18/h1-2,4-6,8,10,14,16-17H,3,7,9,11-12,20H2,(H,21,23). The van der Waals surface area contributed by atoms with Crippen LogP contribution in [0.4, 0.5) is 10.5 Å². The molecule has 4 heteroatoms. The van der Waals surface area contributed by atoms with Gasteiger partial charge in [0.1, 0.15) is 0 Å². The molecule has 2 aliphatic rings. The van der Waals surface area contributed by atoms with Gasteiger partial charge in [0.15, 0.2) is 0 Å². The average molecular weight is 309 g/mol. The number of carbonyl (C=O) groups is 1. The molecule has 1 aliphatic heterocycles. The number of nitrogens with zero attached hydrogens (tertiary/aromatic N) is 1. The lowest BCUT2D eigenvalue weighted by Gasteiger charge is -2.29. The average Bonchev–Trinajstić information content (AvgIpc) is 3.01. The number of carbonyl (C=O) groups excluding carboxylic acids is 1. The van der Waals surface area contributed by atoms with Crippen molar-refractivity contribution in [1.82, 2.24) is 4.90 Å². The van der Waals surface area contributed by atoms with Crippen LogP contribution < -0.4 is 11.1 Å². The van der Waals surface area contributed by atoms with Crippen molar-refractivity contribution >= 4 is 22.5 Å². The zero-order chi connectivity index (χ0) is 15.8. The number of likely N-dealkylation sites (tertiary alicyclic amines) is 1. The number of urea groups is 1. The third-order valence-corrected chi connectivity index (χ3v) is 5.47. The van der Waals surface area contributed by atoms with Crippen molar-refractivity contribution < 1.29 is 4.79 Å². The molecule has 0 aromatic heterocycles. The van der Waals surface area contributed by atoms with Gasteiger partial charge >= 0.3 is 6.03 Å². The summed E-state index contributed by atoms with van der Waals surface area (Å²) in [6.07, 6.45) is 3.50. The van der Waals surface area contributed by atoms with E-state index in [1.54, 1.807) is 0 Å². The van der Waals surface area contributed by atoms with Crippen LogP contribution in [0.1, 0.15) is 19.3 Å². The lowest BCUT2D eigenvalue weighted by molar-refractivity contribution is 0.220. The van der Waals surface area contributed by atoms with Crippen molar-refractivity contribution in [2.45, 2.75) is 25.3 Å². The van der Waals surface area contributed by atoms with E-state index in [4.69, 9.17) is 5.73 Å². The first-order chi connectivity index (χ1) is 11.2. The number of hydrogen-bond donors (Lipinski definition) is 2. The van der Waals surface area contributed by atoms with E-state index in [0.717, 1.165) is 36.0 Å². The first-order valence-electron chi connectivity index (χ1n) is 8.51. The highest BCUT2D eigenvalue weighted by Crippen LogP contribution is 2.36. The van der Waals surface area contributed by atoms with Crippen molar-refractivity contribution in [3.63, 3.8) is 0 Å². The molecule has 1 aliphatic carbocycles. The molecule has 0 radical (unpaired) electrons.